The van der Waals surface area contributed by atoms with E-state index in [9.17, 15) is 19.8 Å². The predicted molar refractivity (Wildman–Crippen MR) is 105 cm³/mol. The van der Waals surface area contributed by atoms with Gasteiger partial charge in [0, 0.05) is 23.3 Å². The van der Waals surface area contributed by atoms with E-state index in [4.69, 9.17) is 5.11 Å². The Kier molecular flexibility index (Phi) is 5.87. The van der Waals surface area contributed by atoms with Crippen LogP contribution in [0.25, 0.3) is 0 Å². The van der Waals surface area contributed by atoms with Gasteiger partial charge in [0.2, 0.25) is 0 Å². The smallest absolute Gasteiger partial charge is 0.196 e. The molecule has 0 aliphatic heterocycles. The summed E-state index contributed by atoms with van der Waals surface area (Å²) in [4.78, 5) is 25.8. The van der Waals surface area contributed by atoms with Crippen molar-refractivity contribution in [2.45, 2.75) is 12.8 Å². The van der Waals surface area contributed by atoms with Crippen LogP contribution in [0.1, 0.15) is 43.8 Å². The summed E-state index contributed by atoms with van der Waals surface area (Å²) in [6.45, 7) is -0.155. The third-order valence-corrected chi connectivity index (χ3v) is 4.52. The number of aliphatic hydroxyl groups is 1. The lowest BCUT2D eigenvalue weighted by Gasteiger charge is -2.15. The number of aliphatic hydroxyl groups excluding tert-OH is 1. The average Bonchev–Trinajstić information content (AvgIpc) is 2.74. The second-order valence-electron chi connectivity index (χ2n) is 6.36. The number of ketones is 2. The fourth-order valence-electron chi connectivity index (χ4n) is 3.05. The van der Waals surface area contributed by atoms with Gasteiger partial charge in [0.15, 0.2) is 11.6 Å². The Balaban J connectivity index is 2.17. The van der Waals surface area contributed by atoms with Crippen LogP contribution in [0.5, 0.6) is 11.5 Å². The summed E-state index contributed by atoms with van der Waals surface area (Å²) in [6.07, 6.45) is 0.391. The number of carbonyl (C=O) groups is 2. The molecule has 0 bridgehead atoms. The zero-order valence-corrected chi connectivity index (χ0v) is 15.1. The molecule has 3 aromatic carbocycles. The van der Waals surface area contributed by atoms with Crippen molar-refractivity contribution >= 4 is 11.6 Å². The second kappa shape index (κ2) is 8.50. The van der Waals surface area contributed by atoms with Gasteiger partial charge in [-0.1, -0.05) is 60.7 Å². The Morgan fingerprint density at radius 1 is 0.714 bits per heavy atom. The Bertz CT molecular complexity index is 919. The maximum atomic E-state index is 12.9. The molecule has 3 rings (SSSR count). The third-order valence-electron chi connectivity index (χ3n) is 4.52. The van der Waals surface area contributed by atoms with E-state index in [-0.39, 0.29) is 47.6 Å². The van der Waals surface area contributed by atoms with Crippen molar-refractivity contribution in [2.24, 2.45) is 0 Å². The Morgan fingerprint density at radius 2 is 1.14 bits per heavy atom. The van der Waals surface area contributed by atoms with Crippen molar-refractivity contribution in [2.75, 3.05) is 6.61 Å². The molecule has 0 atom stereocenters. The Hall–Kier alpha value is -3.44. The summed E-state index contributed by atoms with van der Waals surface area (Å²) in [5.41, 5.74) is 0.673. The van der Waals surface area contributed by atoms with Crippen molar-refractivity contribution in [1.29, 1.82) is 0 Å². The first-order valence-electron chi connectivity index (χ1n) is 8.92. The number of aromatic hydroxyl groups is 2. The molecule has 0 aliphatic rings. The van der Waals surface area contributed by atoms with Gasteiger partial charge in [-0.2, -0.15) is 0 Å². The highest BCUT2D eigenvalue weighted by Gasteiger charge is 2.25. The Labute approximate surface area is 162 Å². The molecule has 0 saturated carbocycles. The van der Waals surface area contributed by atoms with E-state index in [2.05, 4.69) is 0 Å². The molecule has 142 valence electrons. The minimum absolute atomic E-state index is 0.0591. The predicted octanol–water partition coefficient (Wildman–Crippen LogP) is 3.48. The normalized spacial score (nSPS) is 10.6. The van der Waals surface area contributed by atoms with Gasteiger partial charge in [-0.25, -0.2) is 0 Å². The monoisotopic (exact) mass is 376 g/mol. The maximum Gasteiger partial charge on any atom is 0.196 e. The zero-order chi connectivity index (χ0) is 20.1. The van der Waals surface area contributed by atoms with Crippen LogP contribution >= 0.6 is 0 Å². The second-order valence-corrected chi connectivity index (χ2v) is 6.36. The molecule has 5 heteroatoms. The molecule has 3 N–H and O–H groups in total. The van der Waals surface area contributed by atoms with Crippen LogP contribution in [0, 0.1) is 0 Å². The van der Waals surface area contributed by atoms with Gasteiger partial charge in [0.05, 0.1) is 11.1 Å². The summed E-state index contributed by atoms with van der Waals surface area (Å²) in [5, 5.41) is 30.4. The van der Waals surface area contributed by atoms with Gasteiger partial charge in [-0.15, -0.1) is 0 Å². The fourth-order valence-corrected chi connectivity index (χ4v) is 3.05. The largest absolute Gasteiger partial charge is 0.507 e. The molecule has 0 saturated heterocycles. The van der Waals surface area contributed by atoms with E-state index < -0.39 is 11.6 Å². The molecule has 0 fully saturated rings. The van der Waals surface area contributed by atoms with Crippen molar-refractivity contribution in [3.05, 3.63) is 94.5 Å². The van der Waals surface area contributed by atoms with Crippen molar-refractivity contribution < 1.29 is 24.9 Å². The van der Waals surface area contributed by atoms with Crippen LogP contribution < -0.4 is 0 Å². The summed E-state index contributed by atoms with van der Waals surface area (Å²) in [7, 11) is 0. The van der Waals surface area contributed by atoms with E-state index >= 15 is 0 Å². The van der Waals surface area contributed by atoms with Gasteiger partial charge in [-0.3, -0.25) is 9.59 Å². The third kappa shape index (κ3) is 3.80. The highest BCUT2D eigenvalue weighted by Crippen LogP contribution is 2.37. The first-order valence-corrected chi connectivity index (χ1v) is 8.92. The number of phenols is 2. The molecule has 0 heterocycles. The molecule has 0 aromatic heterocycles. The van der Waals surface area contributed by atoms with Gasteiger partial charge in [-0.05, 0) is 18.9 Å². The van der Waals surface area contributed by atoms with Gasteiger partial charge >= 0.3 is 0 Å². The van der Waals surface area contributed by atoms with Crippen molar-refractivity contribution in [1.82, 2.24) is 0 Å². The summed E-state index contributed by atoms with van der Waals surface area (Å²) < 4.78 is 0. The van der Waals surface area contributed by atoms with Crippen LogP contribution in [0.2, 0.25) is 0 Å². The first-order chi connectivity index (χ1) is 13.5. The fraction of sp³-hybridized carbons (Fsp3) is 0.130. The minimum atomic E-state index is -0.453. The SMILES string of the molecule is O=C(c1ccccc1)c1cc(C(=O)c2ccccc2)c(O)c(CCCO)c1O. The topological polar surface area (TPSA) is 94.8 Å². The van der Waals surface area contributed by atoms with E-state index in [1.807, 2.05) is 0 Å². The van der Waals surface area contributed by atoms with Gasteiger partial charge in [0.1, 0.15) is 11.5 Å². The number of carbonyl (C=O) groups excluding carboxylic acids is 2. The van der Waals surface area contributed by atoms with Crippen LogP contribution in [0.4, 0.5) is 0 Å². The number of hydrogen-bond donors (Lipinski definition) is 3. The van der Waals surface area contributed by atoms with Crippen molar-refractivity contribution in [3.63, 3.8) is 0 Å². The highest BCUT2D eigenvalue weighted by molar-refractivity contribution is 6.16. The molecule has 0 aliphatic carbocycles. The van der Waals surface area contributed by atoms with Crippen LogP contribution in [-0.4, -0.2) is 33.5 Å². The molecule has 0 unspecified atom stereocenters. The minimum Gasteiger partial charge on any atom is -0.507 e. The van der Waals surface area contributed by atoms with Crippen LogP contribution in [0.15, 0.2) is 66.7 Å². The number of hydrogen-bond acceptors (Lipinski definition) is 5. The number of benzene rings is 3. The molecule has 5 nitrogen and oxygen atoms in total. The van der Waals surface area contributed by atoms with E-state index in [0.29, 0.717) is 11.1 Å². The van der Waals surface area contributed by atoms with E-state index in [0.717, 1.165) is 0 Å². The van der Waals surface area contributed by atoms with E-state index in [1.165, 1.54) is 6.07 Å². The van der Waals surface area contributed by atoms with Gasteiger partial charge in [0.25, 0.3) is 0 Å². The van der Waals surface area contributed by atoms with Crippen LogP contribution in [0.3, 0.4) is 0 Å². The molecule has 0 spiro atoms. The molecule has 3 aromatic rings. The summed E-state index contributed by atoms with van der Waals surface area (Å²) >= 11 is 0. The molecule has 0 radical (unpaired) electrons. The average molecular weight is 376 g/mol. The van der Waals surface area contributed by atoms with Gasteiger partial charge < -0.3 is 15.3 Å². The highest BCUT2D eigenvalue weighted by atomic mass is 16.3. The first kappa shape index (κ1) is 19.3. The molecule has 28 heavy (non-hydrogen) atoms. The zero-order valence-electron chi connectivity index (χ0n) is 15.1. The summed E-state index contributed by atoms with van der Waals surface area (Å²) in [5.74, 6) is -1.65. The molecular weight excluding hydrogens is 356 g/mol. The Morgan fingerprint density at radius 3 is 1.54 bits per heavy atom. The maximum absolute atomic E-state index is 12.9. The van der Waals surface area contributed by atoms with Crippen LogP contribution in [-0.2, 0) is 6.42 Å². The van der Waals surface area contributed by atoms with E-state index in [1.54, 1.807) is 60.7 Å². The number of phenolic OH excluding ortho intramolecular Hbond substituents is 2. The van der Waals surface area contributed by atoms with Crippen molar-refractivity contribution in [3.8, 4) is 11.5 Å². The lowest BCUT2D eigenvalue weighted by atomic mass is 9.91. The molecule has 0 amide bonds. The quantitative estimate of drug-likeness (QED) is 0.549. The summed E-state index contributed by atoms with van der Waals surface area (Å²) in [6, 6.07) is 18.0. The lowest BCUT2D eigenvalue weighted by Crippen LogP contribution is -2.09. The standard InChI is InChI=1S/C23H20O5/c24-13-7-12-17-22(27)18(20(25)15-8-3-1-4-9-15)14-19(23(17)28)21(26)16-10-5-2-6-11-16/h1-6,8-11,14,24,27-28H,7,12-13H2. The number of rotatable bonds is 7. The molecular formula is C23H20O5. The lowest BCUT2D eigenvalue weighted by molar-refractivity contribution is 0.103.